The SMILES string of the molecule is CC[C@H]1OC(=O)[C@H](C)C(=O)[C@H](C)[C@@H](O[C@@H]2O[C@H](C)C[C@H](N(C)C)[C@H]2O)[C@@]2(C)C[C@@H](C)C(=NC(C)=O)C[C@@H](OC/C(=N\OCc3ccc(-n4cccn4)nc3)CO2)[C@]1(C)O. The van der Waals surface area contributed by atoms with Gasteiger partial charge in [0.15, 0.2) is 17.9 Å². The minimum atomic E-state index is -1.83. The molecule has 5 rings (SSSR count). The summed E-state index contributed by atoms with van der Waals surface area (Å²) in [7, 11) is 3.73. The van der Waals surface area contributed by atoms with E-state index in [2.05, 4.69) is 20.2 Å². The summed E-state index contributed by atoms with van der Waals surface area (Å²) >= 11 is 0. The zero-order valence-corrected chi connectivity index (χ0v) is 35.9. The van der Waals surface area contributed by atoms with E-state index in [4.69, 9.17) is 28.5 Å². The van der Waals surface area contributed by atoms with Crippen LogP contribution in [0.25, 0.3) is 5.82 Å². The molecular formula is C42H62N6O11. The molecule has 0 radical (unpaired) electrons. The molecule has 59 heavy (non-hydrogen) atoms. The summed E-state index contributed by atoms with van der Waals surface area (Å²) in [5, 5.41) is 32.5. The Kier molecular flexibility index (Phi) is 15.3. The molecule has 0 aliphatic carbocycles. The number of carbonyl (C=O) groups excluding carboxylic acids is 3. The summed E-state index contributed by atoms with van der Waals surface area (Å²) in [6, 6.07) is 5.13. The lowest BCUT2D eigenvalue weighted by Crippen LogP contribution is -2.59. The number of rotatable bonds is 8. The fourth-order valence-corrected chi connectivity index (χ4v) is 8.26. The van der Waals surface area contributed by atoms with Crippen LogP contribution in [0.1, 0.15) is 86.6 Å². The lowest BCUT2D eigenvalue weighted by molar-refractivity contribution is -0.296. The number of hydrogen-bond donors (Lipinski definition) is 2. The molecule has 2 aromatic rings. The first-order valence-corrected chi connectivity index (χ1v) is 20.4. The predicted molar refractivity (Wildman–Crippen MR) is 216 cm³/mol. The molecule has 3 fully saturated rings. The van der Waals surface area contributed by atoms with Crippen LogP contribution in [0.5, 0.6) is 0 Å². The fraction of sp³-hybridized carbons (Fsp3) is 0.690. The lowest BCUT2D eigenvalue weighted by Gasteiger charge is -2.47. The van der Waals surface area contributed by atoms with Crippen LogP contribution in [0.3, 0.4) is 0 Å². The zero-order chi connectivity index (χ0) is 43.2. The largest absolute Gasteiger partial charge is 0.459 e. The highest BCUT2D eigenvalue weighted by Gasteiger charge is 2.51. The van der Waals surface area contributed by atoms with Crippen molar-refractivity contribution in [2.45, 2.75) is 142 Å². The number of oxime groups is 1. The van der Waals surface area contributed by atoms with E-state index < -0.39 is 77.3 Å². The highest BCUT2D eigenvalue weighted by molar-refractivity contribution is 6.00. The van der Waals surface area contributed by atoms with Gasteiger partial charge in [0.2, 0.25) is 5.91 Å². The molecule has 2 aromatic heterocycles. The second-order valence-corrected chi connectivity index (χ2v) is 16.8. The van der Waals surface area contributed by atoms with Crippen molar-refractivity contribution >= 4 is 29.1 Å². The first-order valence-electron chi connectivity index (χ1n) is 20.4. The Hall–Kier alpha value is -3.97. The van der Waals surface area contributed by atoms with Crippen LogP contribution in [-0.2, 0) is 49.5 Å². The van der Waals surface area contributed by atoms with Crippen molar-refractivity contribution in [3.63, 3.8) is 0 Å². The second-order valence-electron chi connectivity index (χ2n) is 16.8. The van der Waals surface area contributed by atoms with E-state index in [-0.39, 0.29) is 51.2 Å². The number of aliphatic hydroxyl groups is 2. The van der Waals surface area contributed by atoms with Gasteiger partial charge in [0.25, 0.3) is 0 Å². The Labute approximate surface area is 346 Å². The maximum absolute atomic E-state index is 14.5. The van der Waals surface area contributed by atoms with Gasteiger partial charge in [-0.15, -0.1) is 0 Å². The third kappa shape index (κ3) is 11.1. The summed E-state index contributed by atoms with van der Waals surface area (Å²) in [4.78, 5) is 57.6. The summed E-state index contributed by atoms with van der Waals surface area (Å²) in [5.74, 6) is -3.94. The molecular weight excluding hydrogens is 764 g/mol. The maximum atomic E-state index is 14.5. The summed E-state index contributed by atoms with van der Waals surface area (Å²) in [5.41, 5.74) is -1.80. The third-order valence-corrected chi connectivity index (χ3v) is 11.7. The van der Waals surface area contributed by atoms with Gasteiger partial charge in [0.1, 0.15) is 36.0 Å². The normalized spacial score (nSPS) is 36.8. The number of ketones is 1. The van der Waals surface area contributed by atoms with Crippen molar-refractivity contribution in [3.05, 3.63) is 42.4 Å². The molecule has 1 amide bonds. The van der Waals surface area contributed by atoms with Crippen molar-refractivity contribution in [3.8, 4) is 5.82 Å². The number of cyclic esters (lactones) is 1. The molecule has 2 N–H and O–H groups in total. The van der Waals surface area contributed by atoms with Gasteiger partial charge < -0.3 is 43.6 Å². The van der Waals surface area contributed by atoms with Gasteiger partial charge in [0.05, 0.1) is 37.1 Å². The number of fused-ring (bicyclic) bond motifs is 5. The molecule has 0 spiro atoms. The van der Waals surface area contributed by atoms with Gasteiger partial charge in [-0.1, -0.05) is 32.0 Å². The van der Waals surface area contributed by atoms with E-state index >= 15 is 0 Å². The Morgan fingerprint density at radius 1 is 1.14 bits per heavy atom. The minimum absolute atomic E-state index is 0.0255. The summed E-state index contributed by atoms with van der Waals surface area (Å²) < 4.78 is 33.9. The number of ether oxygens (including phenoxy) is 5. The molecule has 0 aromatic carbocycles. The highest BCUT2D eigenvalue weighted by atomic mass is 16.7. The molecule has 17 nitrogen and oxygen atoms in total. The number of pyridine rings is 1. The maximum Gasteiger partial charge on any atom is 0.316 e. The Balaban J connectivity index is 1.60. The molecule has 3 aliphatic rings. The van der Waals surface area contributed by atoms with Gasteiger partial charge in [-0.3, -0.25) is 14.4 Å². The van der Waals surface area contributed by atoms with Crippen molar-refractivity contribution in [1.29, 1.82) is 0 Å². The average Bonchev–Trinajstić information content (AvgIpc) is 3.73. The van der Waals surface area contributed by atoms with E-state index in [0.29, 0.717) is 23.7 Å². The van der Waals surface area contributed by atoms with E-state index in [1.807, 2.05) is 38.9 Å². The second kappa shape index (κ2) is 19.6. The molecule has 3 aliphatic heterocycles. The molecule has 0 unspecified atom stereocenters. The van der Waals surface area contributed by atoms with Crippen LogP contribution < -0.4 is 0 Å². The monoisotopic (exact) mass is 826 g/mol. The molecule has 0 saturated carbocycles. The smallest absolute Gasteiger partial charge is 0.316 e. The van der Waals surface area contributed by atoms with Crippen molar-refractivity contribution in [2.75, 3.05) is 27.3 Å². The number of nitrogens with zero attached hydrogens (tertiary/aromatic N) is 6. The minimum Gasteiger partial charge on any atom is -0.459 e. The number of aromatic nitrogens is 3. The highest BCUT2D eigenvalue weighted by Crippen LogP contribution is 2.39. The fourth-order valence-electron chi connectivity index (χ4n) is 8.26. The van der Waals surface area contributed by atoms with Crippen LogP contribution >= 0.6 is 0 Å². The molecule has 326 valence electrons. The summed E-state index contributed by atoms with van der Waals surface area (Å²) in [6.07, 6.45) is 0.0258. The van der Waals surface area contributed by atoms with Gasteiger partial charge in [-0.25, -0.2) is 14.7 Å². The predicted octanol–water partition coefficient (Wildman–Crippen LogP) is 3.46. The molecule has 3 saturated heterocycles. The number of aliphatic imine (C=N–C) groups is 1. The number of carbonyl (C=O) groups is 3. The Bertz CT molecular complexity index is 1800. The average molecular weight is 827 g/mol. The number of amides is 1. The molecule has 17 heteroatoms. The van der Waals surface area contributed by atoms with Gasteiger partial charge in [0, 0.05) is 55.2 Å². The van der Waals surface area contributed by atoms with Crippen LogP contribution in [0, 0.1) is 17.8 Å². The van der Waals surface area contributed by atoms with Gasteiger partial charge in [-0.2, -0.15) is 5.10 Å². The van der Waals surface area contributed by atoms with E-state index in [1.165, 1.54) is 20.8 Å². The quantitative estimate of drug-likeness (QED) is 0.222. The van der Waals surface area contributed by atoms with E-state index in [9.17, 15) is 24.6 Å². The van der Waals surface area contributed by atoms with Crippen LogP contribution in [-0.4, -0.2) is 140 Å². The number of likely N-dealkylation sites (N-methyl/N-ethyl adjacent to an activating group) is 1. The Morgan fingerprint density at radius 2 is 1.88 bits per heavy atom. The number of esters is 1. The Morgan fingerprint density at radius 3 is 2.51 bits per heavy atom. The lowest BCUT2D eigenvalue weighted by atomic mass is 9.76. The van der Waals surface area contributed by atoms with Gasteiger partial charge >= 0.3 is 5.97 Å². The molecule has 12 atom stereocenters. The van der Waals surface area contributed by atoms with E-state index in [0.717, 1.165) is 5.56 Å². The summed E-state index contributed by atoms with van der Waals surface area (Å²) in [6.45, 7) is 12.9. The topological polar surface area (TPSA) is 206 Å². The standard InChI is InChI=1S/C42H62N6O11/c1-11-33-42(8,53)34-18-31(45-28(6)49)24(2)19-41(7,55-23-30(22-54-34)46-56-21-29-13-14-35(43-20-29)48-16-12-15-44-48)38(26(4)36(50)27(5)39(52)58-33)59-40-37(51)32(47(9)10)17-25(3)57-40/h12-16,20,24-27,32-34,37-38,40,51,53H,11,17-19,21-23H2,1-10H3/b45-31?,46-30+/t24-,25-,26+,27-,32+,33-,34-,37-,38-,40+,41-,42-/m1/s1. The van der Waals surface area contributed by atoms with Crippen molar-refractivity contribution < 1.29 is 53.1 Å². The first kappa shape index (κ1) is 46.1. The van der Waals surface area contributed by atoms with Crippen LogP contribution in [0.15, 0.2) is 46.9 Å². The third-order valence-electron chi connectivity index (χ3n) is 11.7. The van der Waals surface area contributed by atoms with Crippen molar-refractivity contribution in [1.82, 2.24) is 19.7 Å². The van der Waals surface area contributed by atoms with E-state index in [1.54, 1.807) is 56.2 Å². The number of Topliss-reactive ketones (excluding diaryl/α,β-unsaturated/α-hetero) is 1. The van der Waals surface area contributed by atoms with Gasteiger partial charge in [-0.05, 0) is 79.1 Å². The van der Waals surface area contributed by atoms with Crippen LogP contribution in [0.2, 0.25) is 0 Å². The first-order chi connectivity index (χ1) is 27.8. The number of hydrogen-bond acceptors (Lipinski definition) is 15. The zero-order valence-electron chi connectivity index (χ0n) is 35.9. The number of aliphatic hydroxyl groups excluding tert-OH is 1. The molecule has 2 bridgehead atoms. The van der Waals surface area contributed by atoms with Crippen molar-refractivity contribution in [2.24, 2.45) is 27.9 Å². The molecule has 5 heterocycles. The van der Waals surface area contributed by atoms with Crippen LogP contribution in [0.4, 0.5) is 0 Å².